The molecule has 2 saturated heterocycles. The third kappa shape index (κ3) is 4.05. The summed E-state index contributed by atoms with van der Waals surface area (Å²) in [6.45, 7) is 4.44. The topological polar surface area (TPSA) is 30.3 Å². The average Bonchev–Trinajstić information content (AvgIpc) is 3.11. The van der Waals surface area contributed by atoms with Crippen LogP contribution in [-0.4, -0.2) is 36.5 Å². The number of hydrogen-bond acceptors (Lipinski definition) is 3. The molecule has 0 unspecified atom stereocenters. The third-order valence-electron chi connectivity index (χ3n) is 5.57. The predicted molar refractivity (Wildman–Crippen MR) is 110 cm³/mol. The second-order valence-corrected chi connectivity index (χ2v) is 7.23. The van der Waals surface area contributed by atoms with E-state index >= 15 is 0 Å². The summed E-state index contributed by atoms with van der Waals surface area (Å²) in [6, 6.07) is 21.7. The highest BCUT2D eigenvalue weighted by Crippen LogP contribution is 2.44. The lowest BCUT2D eigenvalue weighted by Crippen LogP contribution is -2.28. The maximum Gasteiger partial charge on any atom is 0.0991 e. The number of rotatable bonds is 3. The molecule has 3 atom stereocenters. The number of halogens is 2. The van der Waals surface area contributed by atoms with Crippen LogP contribution >= 0.6 is 24.8 Å². The molecule has 0 bridgehead atoms. The first-order chi connectivity index (χ1) is 11.7. The highest BCUT2D eigenvalue weighted by Gasteiger charge is 2.45. The zero-order chi connectivity index (χ0) is 16.5. The SMILES string of the molecule is CN1C[C@H]2CN(Cc3cccc(C#N)c3)C[C@H]2[C@@H]1c1ccccc1.Cl.Cl. The van der Waals surface area contributed by atoms with E-state index < -0.39 is 0 Å². The van der Waals surface area contributed by atoms with Crippen LogP contribution in [-0.2, 0) is 6.54 Å². The van der Waals surface area contributed by atoms with E-state index in [2.05, 4.69) is 59.3 Å². The molecular formula is C21H25Cl2N3. The number of benzene rings is 2. The van der Waals surface area contributed by atoms with Crippen LogP contribution in [0.15, 0.2) is 54.6 Å². The summed E-state index contributed by atoms with van der Waals surface area (Å²) in [5, 5.41) is 9.08. The van der Waals surface area contributed by atoms with Gasteiger partial charge in [0, 0.05) is 32.2 Å². The molecule has 0 amide bonds. The Hall–Kier alpha value is -1.57. The minimum Gasteiger partial charge on any atom is -0.299 e. The minimum absolute atomic E-state index is 0. The van der Waals surface area contributed by atoms with E-state index in [9.17, 15) is 0 Å². The van der Waals surface area contributed by atoms with Gasteiger partial charge in [0.25, 0.3) is 0 Å². The Kier molecular flexibility index (Phi) is 7.08. The van der Waals surface area contributed by atoms with Crippen molar-refractivity contribution in [3.63, 3.8) is 0 Å². The van der Waals surface area contributed by atoms with Gasteiger partial charge in [0.15, 0.2) is 0 Å². The third-order valence-corrected chi connectivity index (χ3v) is 5.57. The zero-order valence-corrected chi connectivity index (χ0v) is 16.5. The number of fused-ring (bicyclic) bond motifs is 1. The summed E-state index contributed by atoms with van der Waals surface area (Å²) < 4.78 is 0. The summed E-state index contributed by atoms with van der Waals surface area (Å²) in [7, 11) is 2.26. The summed E-state index contributed by atoms with van der Waals surface area (Å²) in [4.78, 5) is 5.09. The fourth-order valence-corrected chi connectivity index (χ4v) is 4.63. The first kappa shape index (κ1) is 20.7. The normalized spacial score (nSPS) is 25.0. The fourth-order valence-electron chi connectivity index (χ4n) is 4.63. The minimum atomic E-state index is 0. The van der Waals surface area contributed by atoms with Crippen molar-refractivity contribution in [2.75, 3.05) is 26.7 Å². The van der Waals surface area contributed by atoms with Crippen molar-refractivity contribution in [3.8, 4) is 6.07 Å². The van der Waals surface area contributed by atoms with Crippen LogP contribution in [0.3, 0.4) is 0 Å². The van der Waals surface area contributed by atoms with Gasteiger partial charge in [-0.3, -0.25) is 9.80 Å². The first-order valence-corrected chi connectivity index (χ1v) is 8.71. The molecule has 2 heterocycles. The number of hydrogen-bond donors (Lipinski definition) is 0. The molecule has 2 fully saturated rings. The summed E-state index contributed by atoms with van der Waals surface area (Å²) in [6.07, 6.45) is 0. The molecule has 3 nitrogen and oxygen atoms in total. The van der Waals surface area contributed by atoms with Gasteiger partial charge < -0.3 is 0 Å². The van der Waals surface area contributed by atoms with E-state index in [1.807, 2.05) is 18.2 Å². The van der Waals surface area contributed by atoms with Gasteiger partial charge >= 0.3 is 0 Å². The van der Waals surface area contributed by atoms with Crippen LogP contribution in [0.25, 0.3) is 0 Å². The molecule has 2 aromatic rings. The van der Waals surface area contributed by atoms with Crippen molar-refractivity contribution in [1.82, 2.24) is 9.80 Å². The lowest BCUT2D eigenvalue weighted by atomic mass is 9.90. The van der Waals surface area contributed by atoms with E-state index in [1.165, 1.54) is 17.7 Å². The van der Waals surface area contributed by atoms with Crippen LogP contribution in [0.1, 0.15) is 22.7 Å². The van der Waals surface area contributed by atoms with E-state index in [1.54, 1.807) is 0 Å². The van der Waals surface area contributed by atoms with E-state index in [0.29, 0.717) is 12.0 Å². The van der Waals surface area contributed by atoms with Crippen LogP contribution < -0.4 is 0 Å². The molecule has 2 aliphatic heterocycles. The maximum atomic E-state index is 9.08. The monoisotopic (exact) mass is 389 g/mol. The molecule has 0 aromatic heterocycles. The van der Waals surface area contributed by atoms with Gasteiger partial charge in [0.1, 0.15) is 0 Å². The second-order valence-electron chi connectivity index (χ2n) is 7.23. The number of likely N-dealkylation sites (tertiary alicyclic amines) is 2. The molecule has 2 aromatic carbocycles. The molecule has 26 heavy (non-hydrogen) atoms. The summed E-state index contributed by atoms with van der Waals surface area (Å²) >= 11 is 0. The van der Waals surface area contributed by atoms with E-state index in [0.717, 1.165) is 31.1 Å². The first-order valence-electron chi connectivity index (χ1n) is 8.71. The van der Waals surface area contributed by atoms with Gasteiger partial charge in [0.05, 0.1) is 11.6 Å². The van der Waals surface area contributed by atoms with Gasteiger partial charge in [-0.1, -0.05) is 42.5 Å². The summed E-state index contributed by atoms with van der Waals surface area (Å²) in [5.41, 5.74) is 3.45. The Morgan fingerprint density at radius 3 is 2.50 bits per heavy atom. The van der Waals surface area contributed by atoms with Gasteiger partial charge in [-0.25, -0.2) is 0 Å². The number of nitriles is 1. The van der Waals surface area contributed by atoms with Crippen LogP contribution in [0.5, 0.6) is 0 Å². The quantitative estimate of drug-likeness (QED) is 0.789. The predicted octanol–water partition coefficient (Wildman–Crippen LogP) is 4.14. The lowest BCUT2D eigenvalue weighted by Gasteiger charge is -2.27. The van der Waals surface area contributed by atoms with Crippen molar-refractivity contribution in [2.24, 2.45) is 11.8 Å². The van der Waals surface area contributed by atoms with Crippen molar-refractivity contribution >= 4 is 24.8 Å². The van der Waals surface area contributed by atoms with Gasteiger partial charge in [-0.05, 0) is 42.1 Å². The Labute approximate surface area is 168 Å². The molecule has 0 aliphatic carbocycles. The largest absolute Gasteiger partial charge is 0.299 e. The molecule has 138 valence electrons. The van der Waals surface area contributed by atoms with Crippen LogP contribution in [0.4, 0.5) is 0 Å². The Morgan fingerprint density at radius 2 is 1.77 bits per heavy atom. The fraction of sp³-hybridized carbons (Fsp3) is 0.381. The average molecular weight is 390 g/mol. The molecule has 0 N–H and O–H groups in total. The van der Waals surface area contributed by atoms with Crippen molar-refractivity contribution in [2.45, 2.75) is 12.6 Å². The summed E-state index contributed by atoms with van der Waals surface area (Å²) in [5.74, 6) is 1.45. The molecule has 0 saturated carbocycles. The van der Waals surface area contributed by atoms with Crippen LogP contribution in [0.2, 0.25) is 0 Å². The van der Waals surface area contributed by atoms with E-state index in [-0.39, 0.29) is 24.8 Å². The van der Waals surface area contributed by atoms with Crippen molar-refractivity contribution < 1.29 is 0 Å². The van der Waals surface area contributed by atoms with Crippen LogP contribution in [0, 0.1) is 23.2 Å². The van der Waals surface area contributed by atoms with Gasteiger partial charge in [-0.15, -0.1) is 24.8 Å². The lowest BCUT2D eigenvalue weighted by molar-refractivity contribution is 0.224. The van der Waals surface area contributed by atoms with Gasteiger partial charge in [-0.2, -0.15) is 5.26 Å². The highest BCUT2D eigenvalue weighted by molar-refractivity contribution is 5.85. The maximum absolute atomic E-state index is 9.08. The standard InChI is InChI=1S/C21H23N3.2ClH/c1-23-13-19-14-24(12-17-7-5-6-16(10-17)11-22)15-20(19)21(23)18-8-3-2-4-9-18;;/h2-10,19-21H,12-15H2,1H3;2*1H/t19-,20+,21-;;/m0../s1. The van der Waals surface area contributed by atoms with Crippen molar-refractivity contribution in [1.29, 1.82) is 5.26 Å². The smallest absolute Gasteiger partial charge is 0.0991 e. The molecule has 0 radical (unpaired) electrons. The molecule has 2 aliphatic rings. The molecular weight excluding hydrogens is 365 g/mol. The van der Waals surface area contributed by atoms with E-state index in [4.69, 9.17) is 5.26 Å². The molecule has 4 rings (SSSR count). The van der Waals surface area contributed by atoms with Crippen molar-refractivity contribution in [3.05, 3.63) is 71.3 Å². The zero-order valence-electron chi connectivity index (χ0n) is 14.9. The van der Waals surface area contributed by atoms with Gasteiger partial charge in [0.2, 0.25) is 0 Å². The highest BCUT2D eigenvalue weighted by atomic mass is 35.5. The Bertz CT molecular complexity index is 759. The Balaban J connectivity index is 0.00000121. The number of nitrogens with zero attached hydrogens (tertiary/aromatic N) is 3. The Morgan fingerprint density at radius 1 is 1.00 bits per heavy atom. The molecule has 0 spiro atoms. The molecule has 5 heteroatoms. The second kappa shape index (κ2) is 8.88.